The zero-order chi connectivity index (χ0) is 40.3. The van der Waals surface area contributed by atoms with Crippen molar-refractivity contribution in [1.82, 2.24) is 4.48 Å². The van der Waals surface area contributed by atoms with Gasteiger partial charge in [-0.2, -0.15) is 0 Å². The van der Waals surface area contributed by atoms with Crippen molar-refractivity contribution in [2.24, 2.45) is 0 Å². The molecule has 5 nitrogen and oxygen atoms in total. The molecule has 288 valence electrons. The van der Waals surface area contributed by atoms with E-state index >= 15 is 0 Å². The third-order valence-corrected chi connectivity index (χ3v) is 14.4. The summed E-state index contributed by atoms with van der Waals surface area (Å²) < 4.78 is 25.8. The Hall–Kier alpha value is -7.22. The zero-order valence-electron chi connectivity index (χ0n) is 33.6. The quantitative estimate of drug-likeness (QED) is 0.163. The fraction of sp³-hybridized carbons (Fsp3) is 0.0741. The van der Waals surface area contributed by atoms with Gasteiger partial charge in [0.1, 0.15) is 11.2 Å². The lowest BCUT2D eigenvalue weighted by molar-refractivity contribution is 0.360. The minimum Gasteiger partial charge on any atom is -0.455 e. The predicted molar refractivity (Wildman–Crippen MR) is 253 cm³/mol. The van der Waals surface area contributed by atoms with Crippen molar-refractivity contribution in [3.8, 4) is 45.3 Å². The lowest BCUT2D eigenvalue weighted by Gasteiger charge is -2.41. The standard InChI is InChI=1S/C54H35BN2O3S/c1-54(2,3)31-24-25-39(36(26-31)30-14-5-4-6-15-30)56-40-29-46-45(58-43-21-10-11-22-44(43)59-46)28-38(40)55-49-41(56)27-37-32-16-7-9-20-42(32)60-52(37)48(49)34-18-13-19-35-50(34)57(55)51-33-17-8-12-23-47(33)61-53(35)51/h4-29H,1-3H3. The van der Waals surface area contributed by atoms with Gasteiger partial charge in [0.15, 0.2) is 23.0 Å². The summed E-state index contributed by atoms with van der Waals surface area (Å²) in [6.45, 7) is 6.65. The summed E-state index contributed by atoms with van der Waals surface area (Å²) in [7, 11) is 0. The van der Waals surface area contributed by atoms with Crippen LogP contribution in [0.15, 0.2) is 162 Å². The fourth-order valence-corrected chi connectivity index (χ4v) is 11.7. The lowest BCUT2D eigenvalue weighted by atomic mass is 9.45. The topological polar surface area (TPSA) is 39.8 Å². The van der Waals surface area contributed by atoms with E-state index < -0.39 is 0 Å². The maximum absolute atomic E-state index is 7.03. The van der Waals surface area contributed by atoms with Gasteiger partial charge in [-0.15, -0.1) is 11.3 Å². The van der Waals surface area contributed by atoms with Gasteiger partial charge < -0.3 is 23.3 Å². The summed E-state index contributed by atoms with van der Waals surface area (Å²) >= 11 is 1.88. The molecule has 3 aliphatic rings. The number of hydrogen-bond acceptors (Lipinski definition) is 5. The molecule has 0 saturated heterocycles. The molecule has 0 N–H and O–H groups in total. The number of aromatic nitrogens is 1. The van der Waals surface area contributed by atoms with Crippen LogP contribution >= 0.6 is 11.3 Å². The van der Waals surface area contributed by atoms with E-state index in [2.05, 4.69) is 164 Å². The van der Waals surface area contributed by atoms with E-state index in [4.69, 9.17) is 13.9 Å². The molecule has 0 bridgehead atoms. The SMILES string of the molecule is CC(C)(C)c1ccc(N2c3cc4c(cc3B3c5c2cc2c(oc6ccccc62)c5-c2cccc5c6sc7ccccc7c6n3c25)Oc2ccccc2O4)c(-c2ccccc2)c1. The van der Waals surface area contributed by atoms with Crippen LogP contribution in [0.4, 0.5) is 17.1 Å². The van der Waals surface area contributed by atoms with Gasteiger partial charge in [0.25, 0.3) is 0 Å². The van der Waals surface area contributed by atoms with Crippen molar-refractivity contribution in [2.45, 2.75) is 26.2 Å². The highest BCUT2D eigenvalue weighted by Crippen LogP contribution is 2.55. The summed E-state index contributed by atoms with van der Waals surface area (Å²) in [5.41, 5.74) is 15.7. The summed E-state index contributed by atoms with van der Waals surface area (Å²) in [6, 6.07) is 56.8. The molecular weight excluding hydrogens is 767 g/mol. The van der Waals surface area contributed by atoms with Crippen LogP contribution < -0.4 is 25.3 Å². The van der Waals surface area contributed by atoms with E-state index in [1.807, 2.05) is 35.6 Å². The van der Waals surface area contributed by atoms with Gasteiger partial charge in [-0.1, -0.05) is 124 Å². The highest BCUT2D eigenvalue weighted by Gasteiger charge is 2.46. The largest absolute Gasteiger partial charge is 0.455 e. The Morgan fingerprint density at radius 1 is 0.541 bits per heavy atom. The number of hydrogen-bond donors (Lipinski definition) is 0. The zero-order valence-corrected chi connectivity index (χ0v) is 34.4. The van der Waals surface area contributed by atoms with Crippen LogP contribution in [0.25, 0.3) is 75.4 Å². The maximum Gasteiger partial charge on any atom is 0.333 e. The van der Waals surface area contributed by atoms with E-state index in [1.54, 1.807) is 0 Å². The summed E-state index contributed by atoms with van der Waals surface area (Å²) in [5, 5.41) is 4.72. The number of benzene rings is 8. The Balaban J connectivity index is 1.18. The van der Waals surface area contributed by atoms with Gasteiger partial charge in [-0.25, -0.2) is 0 Å². The summed E-state index contributed by atoms with van der Waals surface area (Å²) in [6.07, 6.45) is 0. The van der Waals surface area contributed by atoms with Crippen LogP contribution in [0.5, 0.6) is 23.0 Å². The molecule has 11 aromatic rings. The van der Waals surface area contributed by atoms with Crippen molar-refractivity contribution >= 4 is 99.3 Å². The van der Waals surface area contributed by atoms with E-state index in [-0.39, 0.29) is 12.3 Å². The predicted octanol–water partition coefficient (Wildman–Crippen LogP) is 14.2. The number of para-hydroxylation sites is 4. The number of fused-ring (bicyclic) bond motifs is 15. The molecule has 3 aromatic heterocycles. The number of ether oxygens (including phenoxy) is 2. The molecule has 3 aliphatic heterocycles. The van der Waals surface area contributed by atoms with Crippen molar-refractivity contribution in [3.05, 3.63) is 163 Å². The molecule has 0 spiro atoms. The first-order valence-corrected chi connectivity index (χ1v) is 21.8. The van der Waals surface area contributed by atoms with Crippen molar-refractivity contribution in [3.63, 3.8) is 0 Å². The average molecular weight is 803 g/mol. The second-order valence-corrected chi connectivity index (χ2v) is 18.7. The molecule has 0 saturated carbocycles. The molecule has 0 radical (unpaired) electrons. The average Bonchev–Trinajstić information content (AvgIpc) is 3.96. The molecule has 0 fully saturated rings. The van der Waals surface area contributed by atoms with Gasteiger partial charge in [-0.05, 0) is 76.0 Å². The fourth-order valence-electron chi connectivity index (χ4n) is 10.5. The number of furan rings is 1. The minimum atomic E-state index is -0.220. The Kier molecular flexibility index (Phi) is 6.47. The molecule has 0 amide bonds. The third-order valence-electron chi connectivity index (χ3n) is 13.2. The molecular formula is C54H35BN2O3S. The van der Waals surface area contributed by atoms with E-state index in [0.717, 1.165) is 61.2 Å². The van der Waals surface area contributed by atoms with Crippen LogP contribution in [0.3, 0.4) is 0 Å². The number of thiophene rings is 1. The highest BCUT2D eigenvalue weighted by atomic mass is 32.1. The number of rotatable bonds is 2. The van der Waals surface area contributed by atoms with Gasteiger partial charge >= 0.3 is 6.85 Å². The van der Waals surface area contributed by atoms with Crippen molar-refractivity contribution < 1.29 is 13.9 Å². The van der Waals surface area contributed by atoms with Crippen LogP contribution in [-0.2, 0) is 5.41 Å². The Morgan fingerprint density at radius 2 is 1.26 bits per heavy atom. The Labute approximate surface area is 355 Å². The second-order valence-electron chi connectivity index (χ2n) is 17.6. The number of anilines is 3. The summed E-state index contributed by atoms with van der Waals surface area (Å²) in [4.78, 5) is 2.50. The third kappa shape index (κ3) is 4.46. The summed E-state index contributed by atoms with van der Waals surface area (Å²) in [5.74, 6) is 2.80. The molecule has 7 heteroatoms. The monoisotopic (exact) mass is 802 g/mol. The minimum absolute atomic E-state index is 0.0590. The second kappa shape index (κ2) is 11.7. The first-order valence-electron chi connectivity index (χ1n) is 20.9. The molecule has 14 rings (SSSR count). The lowest BCUT2D eigenvalue weighted by Crippen LogP contribution is -2.56. The first kappa shape index (κ1) is 33.6. The van der Waals surface area contributed by atoms with E-state index in [9.17, 15) is 0 Å². The van der Waals surface area contributed by atoms with Crippen LogP contribution in [-0.4, -0.2) is 11.3 Å². The molecule has 8 aromatic carbocycles. The number of nitrogens with zero attached hydrogens (tertiary/aromatic N) is 2. The van der Waals surface area contributed by atoms with Gasteiger partial charge in [0, 0.05) is 65.9 Å². The molecule has 0 unspecified atom stereocenters. The smallest absolute Gasteiger partial charge is 0.333 e. The molecule has 0 atom stereocenters. The van der Waals surface area contributed by atoms with E-state index in [1.165, 1.54) is 47.8 Å². The first-order chi connectivity index (χ1) is 29.9. The van der Waals surface area contributed by atoms with Gasteiger partial charge in [-0.3, -0.25) is 0 Å². The van der Waals surface area contributed by atoms with Gasteiger partial charge in [0.05, 0.1) is 15.9 Å². The highest BCUT2D eigenvalue weighted by molar-refractivity contribution is 7.27. The Bertz CT molecular complexity index is 3720. The maximum atomic E-state index is 7.03. The molecule has 0 aliphatic carbocycles. The van der Waals surface area contributed by atoms with Gasteiger partial charge in [0.2, 0.25) is 0 Å². The van der Waals surface area contributed by atoms with Crippen molar-refractivity contribution in [1.29, 1.82) is 0 Å². The normalized spacial score (nSPS) is 13.7. The van der Waals surface area contributed by atoms with Crippen LogP contribution in [0, 0.1) is 0 Å². The molecule has 61 heavy (non-hydrogen) atoms. The van der Waals surface area contributed by atoms with Crippen molar-refractivity contribution in [2.75, 3.05) is 4.90 Å². The Morgan fingerprint density at radius 3 is 2.08 bits per heavy atom. The van der Waals surface area contributed by atoms with E-state index in [0.29, 0.717) is 23.0 Å². The molecule has 6 heterocycles. The van der Waals surface area contributed by atoms with Crippen LogP contribution in [0.2, 0.25) is 0 Å². The van der Waals surface area contributed by atoms with Crippen LogP contribution in [0.1, 0.15) is 26.3 Å².